The van der Waals surface area contributed by atoms with Gasteiger partial charge in [-0.3, -0.25) is 9.69 Å². The van der Waals surface area contributed by atoms with E-state index in [0.717, 1.165) is 32.7 Å². The maximum absolute atomic E-state index is 12.6. The van der Waals surface area contributed by atoms with Gasteiger partial charge in [-0.1, -0.05) is 42.5 Å². The summed E-state index contributed by atoms with van der Waals surface area (Å²) in [6.45, 7) is 4.14. The lowest BCUT2D eigenvalue weighted by Gasteiger charge is -2.34. The molecule has 1 N–H and O–H groups in total. The van der Waals surface area contributed by atoms with Gasteiger partial charge in [0.2, 0.25) is 5.95 Å². The van der Waals surface area contributed by atoms with E-state index < -0.39 is 0 Å². The smallest absolute Gasteiger partial charge is 0.257 e. The van der Waals surface area contributed by atoms with Crippen LogP contribution in [0.2, 0.25) is 0 Å². The zero-order valence-corrected chi connectivity index (χ0v) is 15.4. The van der Waals surface area contributed by atoms with Crippen LogP contribution in [0.15, 0.2) is 48.8 Å². The van der Waals surface area contributed by atoms with Crippen molar-refractivity contribution in [1.29, 1.82) is 0 Å². The predicted octanol–water partition coefficient (Wildman–Crippen LogP) is 2.52. The van der Waals surface area contributed by atoms with Gasteiger partial charge in [0.25, 0.3) is 5.91 Å². The molecule has 4 rings (SSSR count). The van der Waals surface area contributed by atoms with Gasteiger partial charge in [-0.15, -0.1) is 0 Å². The lowest BCUT2D eigenvalue weighted by atomic mass is 10.2. The van der Waals surface area contributed by atoms with Gasteiger partial charge >= 0.3 is 0 Å². The summed E-state index contributed by atoms with van der Waals surface area (Å²) in [6, 6.07) is 10.8. The van der Waals surface area contributed by atoms with E-state index in [0.29, 0.717) is 17.6 Å². The average Bonchev–Trinajstić information content (AvgIpc) is 3.53. The van der Waals surface area contributed by atoms with E-state index in [2.05, 4.69) is 44.5 Å². The number of rotatable bonds is 6. The van der Waals surface area contributed by atoms with Crippen molar-refractivity contribution in [2.24, 2.45) is 0 Å². The summed E-state index contributed by atoms with van der Waals surface area (Å²) in [6.07, 6.45) is 9.95. The molecule has 6 nitrogen and oxygen atoms in total. The maximum Gasteiger partial charge on any atom is 0.257 e. The van der Waals surface area contributed by atoms with Crippen LogP contribution >= 0.6 is 0 Å². The van der Waals surface area contributed by atoms with Gasteiger partial charge in [-0.05, 0) is 18.4 Å². The van der Waals surface area contributed by atoms with E-state index in [9.17, 15) is 4.79 Å². The summed E-state index contributed by atoms with van der Waals surface area (Å²) in [4.78, 5) is 25.4. The van der Waals surface area contributed by atoms with Crippen LogP contribution in [-0.2, 0) is 0 Å². The fourth-order valence-corrected chi connectivity index (χ4v) is 3.14. The van der Waals surface area contributed by atoms with Crippen molar-refractivity contribution in [3.05, 3.63) is 59.9 Å². The molecule has 6 heteroatoms. The van der Waals surface area contributed by atoms with Crippen LogP contribution in [0, 0.1) is 0 Å². The molecule has 2 fully saturated rings. The Hall–Kier alpha value is -2.73. The number of carbonyl (C=O) groups is 1. The topological polar surface area (TPSA) is 61.4 Å². The number of hydrogen-bond donors (Lipinski definition) is 1. The molecule has 1 saturated carbocycles. The third-order valence-electron chi connectivity index (χ3n) is 4.94. The third kappa shape index (κ3) is 4.92. The van der Waals surface area contributed by atoms with Gasteiger partial charge in [0, 0.05) is 51.2 Å². The maximum atomic E-state index is 12.6. The minimum atomic E-state index is 0.0208. The zero-order chi connectivity index (χ0) is 18.5. The number of aromatic nitrogens is 2. The van der Waals surface area contributed by atoms with Gasteiger partial charge in [0.15, 0.2) is 0 Å². The summed E-state index contributed by atoms with van der Waals surface area (Å²) in [5, 5.41) is 3.24. The molecule has 0 bridgehead atoms. The number of nitrogens with zero attached hydrogens (tertiary/aromatic N) is 4. The first-order chi connectivity index (χ1) is 13.3. The molecule has 140 valence electrons. The van der Waals surface area contributed by atoms with Crippen LogP contribution in [0.3, 0.4) is 0 Å². The molecule has 0 radical (unpaired) electrons. The molecule has 1 saturated heterocycles. The van der Waals surface area contributed by atoms with Crippen LogP contribution in [0.5, 0.6) is 0 Å². The van der Waals surface area contributed by atoms with Crippen LogP contribution in [-0.4, -0.2) is 64.4 Å². The fraction of sp³-hybridized carbons (Fsp3) is 0.381. The highest BCUT2D eigenvalue weighted by Gasteiger charge is 2.24. The van der Waals surface area contributed by atoms with Gasteiger partial charge in [0.1, 0.15) is 0 Å². The van der Waals surface area contributed by atoms with E-state index >= 15 is 0 Å². The molecule has 0 unspecified atom stereocenters. The first kappa shape index (κ1) is 17.7. The third-order valence-corrected chi connectivity index (χ3v) is 4.94. The molecule has 1 amide bonds. The van der Waals surface area contributed by atoms with E-state index in [1.54, 1.807) is 12.4 Å². The van der Waals surface area contributed by atoms with Gasteiger partial charge in [-0.25, -0.2) is 9.97 Å². The quantitative estimate of drug-likeness (QED) is 0.855. The highest BCUT2D eigenvalue weighted by atomic mass is 16.2. The molecule has 1 aliphatic heterocycles. The standard InChI is InChI=1S/C21H25N5O/c27-20(18-15-22-21(23-16-18)24-19-8-9-19)26-13-11-25(12-14-26)10-4-7-17-5-2-1-3-6-17/h1-7,15-16,19H,8-14H2,(H,22,23,24)/b7-4+. The highest BCUT2D eigenvalue weighted by molar-refractivity contribution is 5.93. The second kappa shape index (κ2) is 8.31. The lowest BCUT2D eigenvalue weighted by Crippen LogP contribution is -2.48. The van der Waals surface area contributed by atoms with Crippen molar-refractivity contribution in [1.82, 2.24) is 19.8 Å². The second-order valence-electron chi connectivity index (χ2n) is 7.12. The Morgan fingerprint density at radius 1 is 1.07 bits per heavy atom. The van der Waals surface area contributed by atoms with Crippen molar-refractivity contribution in [3.8, 4) is 0 Å². The molecular formula is C21H25N5O. The van der Waals surface area contributed by atoms with Crippen molar-refractivity contribution in [2.45, 2.75) is 18.9 Å². The van der Waals surface area contributed by atoms with Crippen LogP contribution < -0.4 is 5.32 Å². The van der Waals surface area contributed by atoms with Crippen molar-refractivity contribution < 1.29 is 4.79 Å². The molecule has 0 spiro atoms. The van der Waals surface area contributed by atoms with E-state index in [4.69, 9.17) is 0 Å². The number of nitrogens with one attached hydrogen (secondary N) is 1. The lowest BCUT2D eigenvalue weighted by molar-refractivity contribution is 0.0649. The molecule has 1 aromatic heterocycles. The Labute approximate surface area is 159 Å². The summed E-state index contributed by atoms with van der Waals surface area (Å²) in [5.74, 6) is 0.636. The highest BCUT2D eigenvalue weighted by Crippen LogP contribution is 2.22. The Bertz CT molecular complexity index is 778. The number of anilines is 1. The molecule has 0 atom stereocenters. The molecule has 1 aliphatic carbocycles. The second-order valence-corrected chi connectivity index (χ2v) is 7.12. The van der Waals surface area contributed by atoms with Crippen molar-refractivity contribution >= 4 is 17.9 Å². The minimum Gasteiger partial charge on any atom is -0.351 e. The molecule has 2 heterocycles. The first-order valence-electron chi connectivity index (χ1n) is 9.60. The summed E-state index contributed by atoms with van der Waals surface area (Å²) >= 11 is 0. The number of benzene rings is 1. The van der Waals surface area contributed by atoms with Crippen LogP contribution in [0.1, 0.15) is 28.8 Å². The molecule has 1 aromatic carbocycles. The number of piperazine rings is 1. The van der Waals surface area contributed by atoms with Crippen LogP contribution in [0.25, 0.3) is 6.08 Å². The zero-order valence-electron chi connectivity index (χ0n) is 15.4. The Morgan fingerprint density at radius 3 is 2.44 bits per heavy atom. The summed E-state index contributed by atoms with van der Waals surface area (Å²) < 4.78 is 0. The number of hydrogen-bond acceptors (Lipinski definition) is 5. The van der Waals surface area contributed by atoms with E-state index in [1.807, 2.05) is 23.1 Å². The van der Waals surface area contributed by atoms with E-state index in [-0.39, 0.29) is 5.91 Å². The van der Waals surface area contributed by atoms with Gasteiger partial charge < -0.3 is 10.2 Å². The Morgan fingerprint density at radius 2 is 1.78 bits per heavy atom. The summed E-state index contributed by atoms with van der Waals surface area (Å²) in [7, 11) is 0. The molecular weight excluding hydrogens is 338 g/mol. The van der Waals surface area contributed by atoms with E-state index in [1.165, 1.54) is 18.4 Å². The van der Waals surface area contributed by atoms with Crippen molar-refractivity contribution in [3.63, 3.8) is 0 Å². The number of carbonyl (C=O) groups excluding carboxylic acids is 1. The molecule has 2 aromatic rings. The van der Waals surface area contributed by atoms with Gasteiger partial charge in [0.05, 0.1) is 5.56 Å². The first-order valence-corrected chi connectivity index (χ1v) is 9.60. The molecule has 2 aliphatic rings. The summed E-state index contributed by atoms with van der Waals surface area (Å²) in [5.41, 5.74) is 1.78. The molecule has 27 heavy (non-hydrogen) atoms. The largest absolute Gasteiger partial charge is 0.351 e. The van der Waals surface area contributed by atoms with Gasteiger partial charge in [-0.2, -0.15) is 0 Å². The monoisotopic (exact) mass is 363 g/mol. The predicted molar refractivity (Wildman–Crippen MR) is 106 cm³/mol. The minimum absolute atomic E-state index is 0.0208. The van der Waals surface area contributed by atoms with Crippen LogP contribution in [0.4, 0.5) is 5.95 Å². The Balaban J connectivity index is 1.24. The Kier molecular flexibility index (Phi) is 5.44. The SMILES string of the molecule is O=C(c1cnc(NC2CC2)nc1)N1CCN(C/C=C/c2ccccc2)CC1. The average molecular weight is 363 g/mol. The number of amides is 1. The normalized spacial score (nSPS) is 18.0. The fourth-order valence-electron chi connectivity index (χ4n) is 3.14. The van der Waals surface area contributed by atoms with Crippen molar-refractivity contribution in [2.75, 3.05) is 38.0 Å².